The Labute approximate surface area is 84.9 Å². The van der Waals surface area contributed by atoms with Gasteiger partial charge in [-0.1, -0.05) is 20.3 Å². The molecule has 4 heteroatoms. The van der Waals surface area contributed by atoms with E-state index in [1.54, 1.807) is 6.92 Å². The van der Waals surface area contributed by atoms with Crippen molar-refractivity contribution in [2.75, 3.05) is 13.1 Å². The molecule has 1 amide bonds. The van der Waals surface area contributed by atoms with Crippen molar-refractivity contribution in [3.63, 3.8) is 0 Å². The van der Waals surface area contributed by atoms with Gasteiger partial charge < -0.3 is 10.0 Å². The van der Waals surface area contributed by atoms with Crippen molar-refractivity contribution in [1.29, 1.82) is 0 Å². The van der Waals surface area contributed by atoms with E-state index >= 15 is 0 Å². The molecule has 4 nitrogen and oxygen atoms in total. The normalized spacial score (nSPS) is 12.2. The number of rotatable bonds is 6. The lowest BCUT2D eigenvalue weighted by Gasteiger charge is -2.20. The molecule has 1 unspecified atom stereocenters. The van der Waals surface area contributed by atoms with Crippen LogP contribution in [0.25, 0.3) is 0 Å². The Morgan fingerprint density at radius 2 is 1.93 bits per heavy atom. The molecule has 0 radical (unpaired) electrons. The summed E-state index contributed by atoms with van der Waals surface area (Å²) in [5, 5.41) is 8.56. The van der Waals surface area contributed by atoms with E-state index in [0.29, 0.717) is 18.9 Å². The molecular formula is C10H19NO3. The van der Waals surface area contributed by atoms with Crippen LogP contribution in [-0.2, 0) is 9.59 Å². The second kappa shape index (κ2) is 6.40. The van der Waals surface area contributed by atoms with Crippen LogP contribution >= 0.6 is 0 Å². The van der Waals surface area contributed by atoms with Gasteiger partial charge in [0.2, 0.25) is 5.91 Å². The fourth-order valence-corrected chi connectivity index (χ4v) is 1.11. The molecule has 0 spiro atoms. The fraction of sp³-hybridized carbons (Fsp3) is 0.800. The summed E-state index contributed by atoms with van der Waals surface area (Å²) < 4.78 is 0. The molecule has 0 rings (SSSR count). The van der Waals surface area contributed by atoms with Gasteiger partial charge in [-0.2, -0.15) is 0 Å². The Kier molecular flexibility index (Phi) is 5.92. The third kappa shape index (κ3) is 4.84. The molecule has 82 valence electrons. The molecule has 1 N–H and O–H groups in total. The summed E-state index contributed by atoms with van der Waals surface area (Å²) >= 11 is 0. The molecule has 0 saturated carbocycles. The number of carbonyl (C=O) groups is 2. The molecule has 0 aliphatic rings. The second-order valence-electron chi connectivity index (χ2n) is 3.52. The van der Waals surface area contributed by atoms with Crippen LogP contribution in [0.15, 0.2) is 0 Å². The third-order valence-corrected chi connectivity index (χ3v) is 2.28. The Morgan fingerprint density at radius 3 is 2.29 bits per heavy atom. The number of carboxylic acids is 1. The van der Waals surface area contributed by atoms with Crippen molar-refractivity contribution in [2.45, 2.75) is 33.6 Å². The number of carboxylic acid groups (broad SMARTS) is 1. The van der Waals surface area contributed by atoms with Crippen LogP contribution in [0.1, 0.15) is 33.6 Å². The zero-order valence-electron chi connectivity index (χ0n) is 9.12. The van der Waals surface area contributed by atoms with Crippen LogP contribution in [0.5, 0.6) is 0 Å². The minimum atomic E-state index is -0.954. The second-order valence-corrected chi connectivity index (χ2v) is 3.52. The van der Waals surface area contributed by atoms with E-state index in [4.69, 9.17) is 5.11 Å². The van der Waals surface area contributed by atoms with Crippen molar-refractivity contribution in [1.82, 2.24) is 4.90 Å². The van der Waals surface area contributed by atoms with Crippen molar-refractivity contribution in [3.05, 3.63) is 0 Å². The molecule has 0 aromatic carbocycles. The first-order chi connectivity index (χ1) is 6.51. The van der Waals surface area contributed by atoms with Gasteiger partial charge in [-0.3, -0.25) is 9.59 Å². The quantitative estimate of drug-likeness (QED) is 0.705. The molecule has 0 aromatic rings. The van der Waals surface area contributed by atoms with Gasteiger partial charge >= 0.3 is 5.97 Å². The molecular weight excluding hydrogens is 182 g/mol. The number of aliphatic carboxylic acids is 1. The lowest BCUT2D eigenvalue weighted by atomic mass is 10.0. The largest absolute Gasteiger partial charge is 0.480 e. The molecule has 0 bridgehead atoms. The van der Waals surface area contributed by atoms with Gasteiger partial charge in [0.1, 0.15) is 6.54 Å². The summed E-state index contributed by atoms with van der Waals surface area (Å²) in [4.78, 5) is 23.3. The van der Waals surface area contributed by atoms with Gasteiger partial charge in [0.05, 0.1) is 0 Å². The van der Waals surface area contributed by atoms with E-state index in [0.717, 1.165) is 6.42 Å². The van der Waals surface area contributed by atoms with E-state index in [1.807, 2.05) is 13.8 Å². The van der Waals surface area contributed by atoms with Gasteiger partial charge in [-0.15, -0.1) is 0 Å². The topological polar surface area (TPSA) is 57.6 Å². The average Bonchev–Trinajstić information content (AvgIpc) is 2.13. The zero-order chi connectivity index (χ0) is 11.1. The SMILES string of the molecule is CCC(C)CC(=O)N(CC)CC(=O)O. The average molecular weight is 201 g/mol. The number of nitrogens with zero attached hydrogens (tertiary/aromatic N) is 1. The summed E-state index contributed by atoms with van der Waals surface area (Å²) in [5.74, 6) is -0.695. The first-order valence-corrected chi connectivity index (χ1v) is 5.00. The molecule has 0 heterocycles. The van der Waals surface area contributed by atoms with Crippen LogP contribution in [0.4, 0.5) is 0 Å². The molecule has 0 fully saturated rings. The Morgan fingerprint density at radius 1 is 1.36 bits per heavy atom. The Bertz CT molecular complexity index is 204. The van der Waals surface area contributed by atoms with Crippen LogP contribution in [0.2, 0.25) is 0 Å². The summed E-state index contributed by atoms with van der Waals surface area (Å²) in [6, 6.07) is 0. The standard InChI is InChI=1S/C10H19NO3/c1-4-8(3)6-9(12)11(5-2)7-10(13)14/h8H,4-7H2,1-3H3,(H,13,14). The maximum Gasteiger partial charge on any atom is 0.323 e. The van der Waals surface area contributed by atoms with Crippen LogP contribution in [0.3, 0.4) is 0 Å². The molecule has 0 saturated heterocycles. The highest BCUT2D eigenvalue weighted by Gasteiger charge is 2.16. The molecule has 14 heavy (non-hydrogen) atoms. The van der Waals surface area contributed by atoms with Gasteiger partial charge in [0, 0.05) is 13.0 Å². The van der Waals surface area contributed by atoms with Gasteiger partial charge in [0.15, 0.2) is 0 Å². The van der Waals surface area contributed by atoms with E-state index < -0.39 is 5.97 Å². The monoisotopic (exact) mass is 201 g/mol. The highest BCUT2D eigenvalue weighted by molar-refractivity contribution is 5.81. The number of hydrogen-bond acceptors (Lipinski definition) is 2. The van der Waals surface area contributed by atoms with Crippen molar-refractivity contribution >= 4 is 11.9 Å². The third-order valence-electron chi connectivity index (χ3n) is 2.28. The van der Waals surface area contributed by atoms with Gasteiger partial charge in [0.25, 0.3) is 0 Å². The van der Waals surface area contributed by atoms with Crippen molar-refractivity contribution in [3.8, 4) is 0 Å². The highest BCUT2D eigenvalue weighted by atomic mass is 16.4. The van der Waals surface area contributed by atoms with E-state index in [2.05, 4.69) is 0 Å². The fourth-order valence-electron chi connectivity index (χ4n) is 1.11. The lowest BCUT2D eigenvalue weighted by molar-refractivity contribution is -0.144. The summed E-state index contributed by atoms with van der Waals surface area (Å²) in [6.07, 6.45) is 1.38. The maximum atomic E-state index is 11.5. The number of hydrogen-bond donors (Lipinski definition) is 1. The summed E-state index contributed by atoms with van der Waals surface area (Å²) in [5.41, 5.74) is 0. The Balaban J connectivity index is 4.10. The number of likely N-dealkylation sites (N-methyl/N-ethyl adjacent to an activating group) is 1. The first kappa shape index (κ1) is 12.9. The minimum absolute atomic E-state index is 0.0655. The van der Waals surface area contributed by atoms with E-state index in [-0.39, 0.29) is 12.5 Å². The summed E-state index contributed by atoms with van der Waals surface area (Å²) in [6.45, 7) is 6.07. The molecule has 0 aliphatic carbocycles. The van der Waals surface area contributed by atoms with Gasteiger partial charge in [-0.25, -0.2) is 0 Å². The predicted octanol–water partition coefficient (Wildman–Crippen LogP) is 1.36. The van der Waals surface area contributed by atoms with Crippen LogP contribution in [0, 0.1) is 5.92 Å². The maximum absolute atomic E-state index is 11.5. The lowest BCUT2D eigenvalue weighted by Crippen LogP contribution is -2.36. The smallest absolute Gasteiger partial charge is 0.323 e. The van der Waals surface area contributed by atoms with E-state index in [9.17, 15) is 9.59 Å². The predicted molar refractivity (Wildman–Crippen MR) is 54.0 cm³/mol. The molecule has 0 aromatic heterocycles. The van der Waals surface area contributed by atoms with Crippen molar-refractivity contribution < 1.29 is 14.7 Å². The van der Waals surface area contributed by atoms with Crippen molar-refractivity contribution in [2.24, 2.45) is 5.92 Å². The number of amides is 1. The van der Waals surface area contributed by atoms with Crippen LogP contribution in [-0.4, -0.2) is 35.0 Å². The van der Waals surface area contributed by atoms with E-state index in [1.165, 1.54) is 4.90 Å². The van der Waals surface area contributed by atoms with Crippen LogP contribution < -0.4 is 0 Å². The minimum Gasteiger partial charge on any atom is -0.480 e. The first-order valence-electron chi connectivity index (χ1n) is 5.00. The van der Waals surface area contributed by atoms with Gasteiger partial charge in [-0.05, 0) is 12.8 Å². The molecule has 1 atom stereocenters. The number of carbonyl (C=O) groups excluding carboxylic acids is 1. The summed E-state index contributed by atoms with van der Waals surface area (Å²) in [7, 11) is 0. The molecule has 0 aliphatic heterocycles. The Hall–Kier alpha value is -1.06. The highest BCUT2D eigenvalue weighted by Crippen LogP contribution is 2.08. The zero-order valence-corrected chi connectivity index (χ0v) is 9.12.